The Morgan fingerprint density at radius 2 is 2.17 bits per heavy atom. The smallest absolute Gasteiger partial charge is 0.241 e. The number of halogens is 1. The molecular weight excluding hydrogens is 255 g/mol. The topological polar surface area (TPSA) is 72.2 Å². The molecule has 2 rings (SSSR count). The highest BCUT2D eigenvalue weighted by Gasteiger charge is 2.33. The Balaban J connectivity index is 2.27. The number of sulfonamides is 1. The lowest BCUT2D eigenvalue weighted by molar-refractivity contribution is 0.517. The summed E-state index contributed by atoms with van der Waals surface area (Å²) < 4.78 is 40.3. The fraction of sp³-hybridized carbons (Fsp3) is 0.500. The Hall–Kier alpha value is -0.980. The highest BCUT2D eigenvalue weighted by atomic mass is 32.2. The summed E-state index contributed by atoms with van der Waals surface area (Å²) in [6.45, 7) is 1.72. The first-order valence-corrected chi connectivity index (χ1v) is 7.41. The van der Waals surface area contributed by atoms with Gasteiger partial charge in [0.05, 0.1) is 4.90 Å². The molecule has 1 fully saturated rings. The van der Waals surface area contributed by atoms with Crippen LogP contribution in [0.25, 0.3) is 0 Å². The zero-order valence-electron chi connectivity index (χ0n) is 10.2. The van der Waals surface area contributed by atoms with E-state index in [1.54, 1.807) is 0 Å². The number of hydrogen-bond donors (Lipinski definition) is 2. The predicted octanol–water partition coefficient (Wildman–Crippen LogP) is 1.15. The van der Waals surface area contributed by atoms with Gasteiger partial charge >= 0.3 is 0 Å². The quantitative estimate of drug-likeness (QED) is 0.844. The van der Waals surface area contributed by atoms with Crippen LogP contribution in [0.5, 0.6) is 0 Å². The van der Waals surface area contributed by atoms with Crippen molar-refractivity contribution in [2.24, 2.45) is 11.7 Å². The third kappa shape index (κ3) is 2.71. The molecule has 3 N–H and O–H groups in total. The largest absolute Gasteiger partial charge is 0.329 e. The fourth-order valence-electron chi connectivity index (χ4n) is 1.98. The van der Waals surface area contributed by atoms with Crippen LogP contribution in [0.3, 0.4) is 0 Å². The molecular formula is C12H17FN2O2S. The second kappa shape index (κ2) is 4.95. The average Bonchev–Trinajstić information content (AvgIpc) is 3.13. The maximum absolute atomic E-state index is 13.4. The molecule has 1 saturated carbocycles. The zero-order chi connectivity index (χ0) is 13.3. The number of nitrogens with one attached hydrogen (secondary N) is 1. The van der Waals surface area contributed by atoms with Gasteiger partial charge in [0.2, 0.25) is 10.0 Å². The molecule has 1 atom stereocenters. The third-order valence-electron chi connectivity index (χ3n) is 3.26. The molecule has 1 aromatic rings. The molecule has 1 aliphatic rings. The summed E-state index contributed by atoms with van der Waals surface area (Å²) in [6, 6.07) is 3.79. The van der Waals surface area contributed by atoms with Crippen molar-refractivity contribution in [3.05, 3.63) is 29.6 Å². The fourth-order valence-corrected chi connectivity index (χ4v) is 3.55. The van der Waals surface area contributed by atoms with E-state index in [-0.39, 0.29) is 23.0 Å². The molecule has 18 heavy (non-hydrogen) atoms. The van der Waals surface area contributed by atoms with Crippen molar-refractivity contribution in [3.63, 3.8) is 0 Å². The summed E-state index contributed by atoms with van der Waals surface area (Å²) >= 11 is 0. The first-order chi connectivity index (χ1) is 8.45. The molecule has 0 radical (unpaired) electrons. The van der Waals surface area contributed by atoms with E-state index in [0.29, 0.717) is 5.92 Å². The van der Waals surface area contributed by atoms with Crippen molar-refractivity contribution in [2.45, 2.75) is 30.7 Å². The first kappa shape index (κ1) is 13.5. The van der Waals surface area contributed by atoms with E-state index >= 15 is 0 Å². The van der Waals surface area contributed by atoms with Crippen LogP contribution in [0.1, 0.15) is 18.4 Å². The second-order valence-corrected chi connectivity index (χ2v) is 6.35. The van der Waals surface area contributed by atoms with Gasteiger partial charge in [0.1, 0.15) is 5.82 Å². The molecule has 1 aliphatic carbocycles. The zero-order valence-corrected chi connectivity index (χ0v) is 11.0. The van der Waals surface area contributed by atoms with Crippen molar-refractivity contribution in [2.75, 3.05) is 6.54 Å². The maximum atomic E-state index is 13.4. The van der Waals surface area contributed by atoms with Crippen LogP contribution in [-0.2, 0) is 10.0 Å². The Bertz CT molecular complexity index is 541. The molecule has 0 saturated heterocycles. The van der Waals surface area contributed by atoms with Gasteiger partial charge in [-0.05, 0) is 37.8 Å². The summed E-state index contributed by atoms with van der Waals surface area (Å²) in [5, 5.41) is 0. The summed E-state index contributed by atoms with van der Waals surface area (Å²) in [5.41, 5.74) is 5.70. The van der Waals surface area contributed by atoms with E-state index < -0.39 is 15.8 Å². The molecule has 0 spiro atoms. The molecule has 0 aromatic heterocycles. The Morgan fingerprint density at radius 3 is 2.72 bits per heavy atom. The van der Waals surface area contributed by atoms with Crippen LogP contribution in [-0.4, -0.2) is 21.0 Å². The molecule has 100 valence electrons. The van der Waals surface area contributed by atoms with Crippen LogP contribution < -0.4 is 10.5 Å². The summed E-state index contributed by atoms with van der Waals surface area (Å²) in [6.07, 6.45) is 1.99. The van der Waals surface area contributed by atoms with Crippen molar-refractivity contribution < 1.29 is 12.8 Å². The Labute approximate surface area is 106 Å². The Morgan fingerprint density at radius 1 is 1.50 bits per heavy atom. The second-order valence-electron chi connectivity index (χ2n) is 4.66. The lowest BCUT2D eigenvalue weighted by atomic mass is 10.2. The third-order valence-corrected chi connectivity index (χ3v) is 4.89. The number of nitrogens with two attached hydrogens (primary N) is 1. The van der Waals surface area contributed by atoms with E-state index in [0.717, 1.165) is 12.8 Å². The molecule has 1 aromatic carbocycles. The van der Waals surface area contributed by atoms with E-state index in [1.165, 1.54) is 25.1 Å². The van der Waals surface area contributed by atoms with Gasteiger partial charge in [0.25, 0.3) is 0 Å². The monoisotopic (exact) mass is 272 g/mol. The molecule has 6 heteroatoms. The number of benzene rings is 1. The van der Waals surface area contributed by atoms with Gasteiger partial charge in [-0.15, -0.1) is 0 Å². The maximum Gasteiger partial charge on any atom is 0.241 e. The van der Waals surface area contributed by atoms with E-state index in [9.17, 15) is 12.8 Å². The predicted molar refractivity (Wildman–Crippen MR) is 67.0 cm³/mol. The Kier molecular flexibility index (Phi) is 3.70. The molecule has 0 amide bonds. The molecule has 1 unspecified atom stereocenters. The van der Waals surface area contributed by atoms with Gasteiger partial charge in [0, 0.05) is 18.2 Å². The van der Waals surface area contributed by atoms with Crippen molar-refractivity contribution in [1.82, 2.24) is 4.72 Å². The van der Waals surface area contributed by atoms with E-state index in [2.05, 4.69) is 4.72 Å². The minimum atomic E-state index is -3.70. The SMILES string of the molecule is Cc1c(F)cccc1S(=O)(=O)NC(CN)C1CC1. The van der Waals surface area contributed by atoms with Crippen molar-refractivity contribution in [3.8, 4) is 0 Å². The molecule has 4 nitrogen and oxygen atoms in total. The van der Waals surface area contributed by atoms with Crippen molar-refractivity contribution in [1.29, 1.82) is 0 Å². The summed E-state index contributed by atoms with van der Waals surface area (Å²) in [4.78, 5) is -0.0124. The van der Waals surface area contributed by atoms with Gasteiger partial charge in [-0.3, -0.25) is 0 Å². The number of hydrogen-bond acceptors (Lipinski definition) is 3. The van der Waals surface area contributed by atoms with Crippen LogP contribution >= 0.6 is 0 Å². The van der Waals surface area contributed by atoms with Gasteiger partial charge < -0.3 is 5.73 Å². The normalized spacial score (nSPS) is 17.7. The van der Waals surface area contributed by atoms with Crippen LogP contribution in [0.15, 0.2) is 23.1 Å². The van der Waals surface area contributed by atoms with Crippen LogP contribution in [0.4, 0.5) is 4.39 Å². The van der Waals surface area contributed by atoms with Gasteiger partial charge in [-0.1, -0.05) is 6.07 Å². The van der Waals surface area contributed by atoms with E-state index in [1.807, 2.05) is 0 Å². The lowest BCUT2D eigenvalue weighted by Gasteiger charge is -2.17. The first-order valence-electron chi connectivity index (χ1n) is 5.93. The van der Waals surface area contributed by atoms with Gasteiger partial charge in [-0.25, -0.2) is 17.5 Å². The highest BCUT2D eigenvalue weighted by molar-refractivity contribution is 7.89. The standard InChI is InChI=1S/C12H17FN2O2S/c1-8-10(13)3-2-4-12(8)18(16,17)15-11(7-14)9-5-6-9/h2-4,9,11,15H,5-7,14H2,1H3. The molecule has 0 heterocycles. The number of rotatable bonds is 5. The van der Waals surface area contributed by atoms with Crippen LogP contribution in [0.2, 0.25) is 0 Å². The van der Waals surface area contributed by atoms with Gasteiger partial charge in [-0.2, -0.15) is 0 Å². The lowest BCUT2D eigenvalue weighted by Crippen LogP contribution is -2.41. The minimum Gasteiger partial charge on any atom is -0.329 e. The van der Waals surface area contributed by atoms with Crippen LogP contribution in [0, 0.1) is 18.7 Å². The summed E-state index contributed by atoms with van der Waals surface area (Å²) in [7, 11) is -3.70. The van der Waals surface area contributed by atoms with E-state index in [4.69, 9.17) is 5.73 Å². The minimum absolute atomic E-state index is 0.0124. The highest BCUT2D eigenvalue weighted by Crippen LogP contribution is 2.33. The van der Waals surface area contributed by atoms with Crippen molar-refractivity contribution >= 4 is 10.0 Å². The molecule has 0 bridgehead atoms. The summed E-state index contributed by atoms with van der Waals surface area (Å²) in [5.74, 6) is -0.202. The molecule has 0 aliphatic heterocycles. The van der Waals surface area contributed by atoms with Gasteiger partial charge in [0.15, 0.2) is 0 Å². The average molecular weight is 272 g/mol.